The number of ether oxygens (including phenoxy) is 5. The third kappa shape index (κ3) is 26.9. The molecule has 0 fully saturated rings. The van der Waals surface area contributed by atoms with Gasteiger partial charge in [-0.15, -0.1) is 34.4 Å². The minimum atomic E-state index is -1.24. The molecule has 0 radical (unpaired) electrons. The van der Waals surface area contributed by atoms with E-state index in [4.69, 9.17) is 43.1 Å². The number of hydrogen-bond donors (Lipinski definition) is 4. The Labute approximate surface area is 430 Å². The summed E-state index contributed by atoms with van der Waals surface area (Å²) in [7, 11) is 0. The number of terminal acetylenes is 2. The molecule has 2 aromatic rings. The number of carboxylic acids is 2. The molecule has 0 aliphatic heterocycles. The van der Waals surface area contributed by atoms with Crippen LogP contribution in [0, 0.1) is 139 Å². The summed E-state index contributed by atoms with van der Waals surface area (Å²) in [4.78, 5) is 52.9. The van der Waals surface area contributed by atoms with Crippen LogP contribution in [0.1, 0.15) is 42.4 Å². The first-order valence-electron chi connectivity index (χ1n) is 22.4. The predicted octanol–water partition coefficient (Wildman–Crippen LogP) is 4.57. The van der Waals surface area contributed by atoms with Crippen molar-refractivity contribution in [1.82, 2.24) is 10.6 Å². The van der Waals surface area contributed by atoms with Gasteiger partial charge in [0.2, 0.25) is 16.8 Å². The van der Waals surface area contributed by atoms with Crippen molar-refractivity contribution in [3.05, 3.63) is 46.3 Å². The number of aliphatic carboxylic acids is 2. The number of thiophene rings is 1. The molecular weight excluding hydrogens is 955 g/mol. The monoisotopic (exact) mass is 1010 g/mol. The second-order valence-electron chi connectivity index (χ2n) is 14.6. The van der Waals surface area contributed by atoms with Crippen molar-refractivity contribution in [2.45, 2.75) is 39.5 Å². The molecule has 2 unspecified atom stereocenters. The van der Waals surface area contributed by atoms with Gasteiger partial charge >= 0.3 is 11.9 Å². The SMILES string of the molecule is [C-]#[N+]c1sc(N=Nc2ccc(N(CCOCCOCCCNC(=O)CC(C#CC#CC#CC#C)C(=O)O)CCOCCOCCOCCCNC(=O)CC(C#CC#CC#CC#C)C(=O)O)cc2C)c(C#N)c1C. The van der Waals surface area contributed by atoms with Crippen molar-refractivity contribution in [3.63, 3.8) is 0 Å². The zero-order valence-electron chi connectivity index (χ0n) is 40.5. The Morgan fingerprint density at radius 1 is 0.699 bits per heavy atom. The van der Waals surface area contributed by atoms with Crippen LogP contribution in [-0.2, 0) is 42.9 Å². The lowest BCUT2D eigenvalue weighted by Gasteiger charge is -2.25. The number of amides is 2. The van der Waals surface area contributed by atoms with Gasteiger partial charge in [0.25, 0.3) is 0 Å². The number of rotatable bonds is 32. The molecule has 18 nitrogen and oxygen atoms in total. The maximum absolute atomic E-state index is 12.3. The summed E-state index contributed by atoms with van der Waals surface area (Å²) < 4.78 is 28.6. The number of hydrogen-bond acceptors (Lipinski definition) is 14. The molecule has 1 aromatic heterocycles. The summed E-state index contributed by atoms with van der Waals surface area (Å²) >= 11 is 1.12. The van der Waals surface area contributed by atoms with Crippen LogP contribution in [0.4, 0.5) is 21.4 Å². The summed E-state index contributed by atoms with van der Waals surface area (Å²) in [5.41, 5.74) is 3.24. The molecule has 2 amide bonds. The summed E-state index contributed by atoms with van der Waals surface area (Å²) in [6.07, 6.45) is 10.3. The Balaban J connectivity index is 1.79. The Bertz CT molecular complexity index is 2800. The third-order valence-corrected chi connectivity index (χ3v) is 10.4. The fourth-order valence-corrected chi connectivity index (χ4v) is 6.52. The lowest BCUT2D eigenvalue weighted by molar-refractivity contribution is -0.142. The highest BCUT2D eigenvalue weighted by molar-refractivity contribution is 7.20. The molecule has 0 aliphatic carbocycles. The van der Waals surface area contributed by atoms with E-state index in [0.717, 1.165) is 22.6 Å². The van der Waals surface area contributed by atoms with Gasteiger partial charge in [-0.05, 0) is 127 Å². The molecule has 0 bridgehead atoms. The third-order valence-electron chi connectivity index (χ3n) is 9.33. The summed E-state index contributed by atoms with van der Waals surface area (Å²) in [5, 5.41) is 43.1. The minimum Gasteiger partial charge on any atom is -0.480 e. The van der Waals surface area contributed by atoms with Crippen molar-refractivity contribution in [2.24, 2.45) is 22.1 Å². The molecule has 4 N–H and O–H groups in total. The molecule has 0 spiro atoms. The first-order chi connectivity index (χ1) is 35.4. The predicted molar refractivity (Wildman–Crippen MR) is 273 cm³/mol. The van der Waals surface area contributed by atoms with E-state index in [0.29, 0.717) is 125 Å². The molecule has 376 valence electrons. The number of carbonyl (C=O) groups excluding carboxylic acids is 2. The lowest BCUT2D eigenvalue weighted by Crippen LogP contribution is -2.31. The molecule has 0 saturated heterocycles. The van der Waals surface area contributed by atoms with E-state index in [9.17, 15) is 34.7 Å². The molecule has 2 rings (SSSR count). The van der Waals surface area contributed by atoms with Crippen molar-refractivity contribution in [3.8, 4) is 102 Å². The number of anilines is 1. The molecule has 73 heavy (non-hydrogen) atoms. The van der Waals surface area contributed by atoms with Gasteiger partial charge in [0.15, 0.2) is 0 Å². The Kier molecular flexibility index (Phi) is 31.7. The average Bonchev–Trinajstić information content (AvgIpc) is 3.69. The molecule has 1 heterocycles. The largest absolute Gasteiger partial charge is 0.480 e. The number of carbonyl (C=O) groups is 4. The molecule has 0 aliphatic rings. The van der Waals surface area contributed by atoms with Gasteiger partial charge in [0, 0.05) is 45.1 Å². The Morgan fingerprint density at radius 3 is 1.59 bits per heavy atom. The average molecular weight is 1010 g/mol. The molecule has 0 saturated carbocycles. The fourth-order valence-electron chi connectivity index (χ4n) is 5.65. The van der Waals surface area contributed by atoms with E-state index < -0.39 is 35.6 Å². The summed E-state index contributed by atoms with van der Waals surface area (Å²) in [6, 6.07) is 7.82. The normalized spacial score (nSPS) is 10.5. The topological polar surface area (TPSA) is 235 Å². The quantitative estimate of drug-likeness (QED) is 0.0341. The summed E-state index contributed by atoms with van der Waals surface area (Å²) in [6.45, 7) is 16.0. The molecular formula is C54H53N7O11S. The van der Waals surface area contributed by atoms with Gasteiger partial charge < -0.3 is 49.4 Å². The van der Waals surface area contributed by atoms with Gasteiger partial charge in [0.1, 0.15) is 22.9 Å². The second-order valence-corrected chi connectivity index (χ2v) is 15.6. The maximum atomic E-state index is 12.3. The minimum absolute atomic E-state index is 0.282. The lowest BCUT2D eigenvalue weighted by atomic mass is 10.1. The Hall–Kier alpha value is -8.54. The number of azo groups is 1. The van der Waals surface area contributed by atoms with Crippen molar-refractivity contribution >= 4 is 56.5 Å². The van der Waals surface area contributed by atoms with Gasteiger partial charge in [-0.25, -0.2) is 4.85 Å². The molecule has 1 aromatic carbocycles. The summed E-state index contributed by atoms with van der Waals surface area (Å²) in [5.74, 6) is 26.7. The zero-order chi connectivity index (χ0) is 53.3. The van der Waals surface area contributed by atoms with E-state index in [-0.39, 0.29) is 19.4 Å². The standard InChI is InChI=1S/C54H53N7O11S/c1-6-8-10-12-14-16-20-44(53(64)65)39-49(62)57-24-18-28-68-32-34-70-30-26-61(46-22-23-48(42(3)38-46)59-60-52-47(41-55)43(4)51(56-5)73-52)27-31-71-35-37-72-36-33-69-29-19-25-58-50(63)40-45(54(66)67)21-17-15-13-11-9-7-2/h1-2,22-23,38,44-45H,18-19,24-37,39-40H2,3-4H3,(H,57,62)(H,58,63)(H,64,65)(H,66,67). The zero-order valence-corrected chi connectivity index (χ0v) is 41.3. The van der Waals surface area contributed by atoms with Gasteiger partial charge in [-0.3, -0.25) is 19.2 Å². The van der Waals surface area contributed by atoms with Crippen LogP contribution in [0.25, 0.3) is 4.85 Å². The number of nitrogens with zero attached hydrogens (tertiary/aromatic N) is 5. The van der Waals surface area contributed by atoms with Crippen LogP contribution in [0.5, 0.6) is 0 Å². The van der Waals surface area contributed by atoms with E-state index in [1.807, 2.05) is 25.1 Å². The van der Waals surface area contributed by atoms with E-state index in [1.54, 1.807) is 6.92 Å². The number of carboxylic acid groups (broad SMARTS) is 2. The number of benzene rings is 1. The molecule has 2 atom stereocenters. The van der Waals surface area contributed by atoms with E-state index in [2.05, 4.69) is 120 Å². The highest BCUT2D eigenvalue weighted by atomic mass is 32.1. The smallest absolute Gasteiger partial charge is 0.319 e. The van der Waals surface area contributed by atoms with Crippen LogP contribution in [0.15, 0.2) is 28.4 Å². The fraction of sp³-hybridized carbons (Fsp3) is 0.407. The van der Waals surface area contributed by atoms with Gasteiger partial charge in [-0.2, -0.15) is 5.26 Å². The second kappa shape index (κ2) is 38.2. The van der Waals surface area contributed by atoms with Gasteiger partial charge in [0.05, 0.1) is 83.5 Å². The number of nitriles is 1. The van der Waals surface area contributed by atoms with Crippen LogP contribution in [-0.4, -0.2) is 126 Å². The van der Waals surface area contributed by atoms with Crippen LogP contribution in [0.2, 0.25) is 0 Å². The highest BCUT2D eigenvalue weighted by Gasteiger charge is 2.20. The Morgan fingerprint density at radius 2 is 1.15 bits per heavy atom. The first kappa shape index (κ1) is 60.6. The van der Waals surface area contributed by atoms with Crippen LogP contribution >= 0.6 is 11.3 Å². The number of nitrogens with one attached hydrogen (secondary N) is 2. The van der Waals surface area contributed by atoms with Gasteiger partial charge in [-0.1, -0.05) is 11.8 Å². The van der Waals surface area contributed by atoms with Crippen molar-refractivity contribution < 1.29 is 53.1 Å². The van der Waals surface area contributed by atoms with E-state index in [1.165, 1.54) is 0 Å². The van der Waals surface area contributed by atoms with Crippen molar-refractivity contribution in [1.29, 1.82) is 5.26 Å². The van der Waals surface area contributed by atoms with Crippen molar-refractivity contribution in [2.75, 3.05) is 97.1 Å². The first-order valence-corrected chi connectivity index (χ1v) is 23.3. The molecule has 19 heteroatoms. The van der Waals surface area contributed by atoms with Crippen LogP contribution < -0.4 is 15.5 Å². The maximum Gasteiger partial charge on any atom is 0.319 e. The highest BCUT2D eigenvalue weighted by Crippen LogP contribution is 2.41. The number of aryl methyl sites for hydroxylation is 1. The van der Waals surface area contributed by atoms with E-state index >= 15 is 0 Å². The van der Waals surface area contributed by atoms with Crippen LogP contribution in [0.3, 0.4) is 0 Å².